The van der Waals surface area contributed by atoms with E-state index in [4.69, 9.17) is 14.6 Å². The zero-order valence-electron chi connectivity index (χ0n) is 12.1. The van der Waals surface area contributed by atoms with Crippen molar-refractivity contribution >= 4 is 21.4 Å². The van der Waals surface area contributed by atoms with Crippen LogP contribution in [0.2, 0.25) is 0 Å². The number of hydrogen-bond donors (Lipinski definition) is 2. The van der Waals surface area contributed by atoms with Gasteiger partial charge in [-0.15, -0.1) is 0 Å². The molecule has 0 bridgehead atoms. The quantitative estimate of drug-likeness (QED) is 0.366. The molecule has 0 aliphatic heterocycles. The van der Waals surface area contributed by atoms with Gasteiger partial charge in [0.2, 0.25) is 10.0 Å². The SMILES string of the molecule is COCCOCCCNc1ccc([N+](=O)[O-])cc1S(N)(=O)=O. The van der Waals surface area contributed by atoms with Gasteiger partial charge in [0.1, 0.15) is 4.90 Å². The van der Waals surface area contributed by atoms with Crippen LogP contribution < -0.4 is 10.5 Å². The van der Waals surface area contributed by atoms with Gasteiger partial charge in [-0.2, -0.15) is 0 Å². The lowest BCUT2D eigenvalue weighted by Crippen LogP contribution is -2.16. The lowest BCUT2D eigenvalue weighted by molar-refractivity contribution is -0.385. The fourth-order valence-corrected chi connectivity index (χ4v) is 2.38. The molecule has 124 valence electrons. The van der Waals surface area contributed by atoms with E-state index in [1.54, 1.807) is 7.11 Å². The van der Waals surface area contributed by atoms with Gasteiger partial charge in [0, 0.05) is 32.4 Å². The minimum Gasteiger partial charge on any atom is -0.384 e. The number of rotatable bonds is 10. The third-order valence-corrected chi connectivity index (χ3v) is 3.65. The summed E-state index contributed by atoms with van der Waals surface area (Å²) in [5, 5.41) is 18.7. The van der Waals surface area contributed by atoms with E-state index in [1.807, 2.05) is 0 Å². The molecule has 22 heavy (non-hydrogen) atoms. The first-order valence-electron chi connectivity index (χ1n) is 6.48. The number of nitrogens with zero attached hydrogens (tertiary/aromatic N) is 1. The summed E-state index contributed by atoms with van der Waals surface area (Å²) in [6.07, 6.45) is 0.630. The Morgan fingerprint density at radius 2 is 2.05 bits per heavy atom. The first-order valence-corrected chi connectivity index (χ1v) is 8.02. The highest BCUT2D eigenvalue weighted by Gasteiger charge is 2.18. The van der Waals surface area contributed by atoms with Crippen LogP contribution in [-0.4, -0.2) is 46.8 Å². The minimum absolute atomic E-state index is 0.227. The number of sulfonamides is 1. The van der Waals surface area contributed by atoms with E-state index < -0.39 is 14.9 Å². The maximum absolute atomic E-state index is 11.5. The molecule has 1 aromatic carbocycles. The molecule has 0 aliphatic carbocycles. The molecule has 0 saturated carbocycles. The Bertz CT molecular complexity index is 605. The van der Waals surface area contributed by atoms with Crippen LogP contribution in [0.25, 0.3) is 0 Å². The van der Waals surface area contributed by atoms with Crippen LogP contribution in [-0.2, 0) is 19.5 Å². The molecule has 0 spiro atoms. The average Bonchev–Trinajstić information content (AvgIpc) is 2.45. The van der Waals surface area contributed by atoms with Gasteiger partial charge in [-0.05, 0) is 12.5 Å². The number of benzene rings is 1. The van der Waals surface area contributed by atoms with Gasteiger partial charge < -0.3 is 14.8 Å². The fraction of sp³-hybridized carbons (Fsp3) is 0.500. The van der Waals surface area contributed by atoms with Crippen LogP contribution in [0.5, 0.6) is 0 Å². The predicted octanol–water partition coefficient (Wildman–Crippen LogP) is 0.707. The van der Waals surface area contributed by atoms with Crippen molar-refractivity contribution in [3.63, 3.8) is 0 Å². The molecule has 0 aromatic heterocycles. The highest BCUT2D eigenvalue weighted by Crippen LogP contribution is 2.25. The number of nitro benzene ring substituents is 1. The van der Waals surface area contributed by atoms with Crippen molar-refractivity contribution in [3.8, 4) is 0 Å². The van der Waals surface area contributed by atoms with Crippen molar-refractivity contribution in [2.24, 2.45) is 5.14 Å². The van der Waals surface area contributed by atoms with Gasteiger partial charge in [0.05, 0.1) is 23.8 Å². The van der Waals surface area contributed by atoms with E-state index in [0.29, 0.717) is 32.8 Å². The maximum atomic E-state index is 11.5. The highest BCUT2D eigenvalue weighted by atomic mass is 32.2. The highest BCUT2D eigenvalue weighted by molar-refractivity contribution is 7.89. The minimum atomic E-state index is -4.06. The summed E-state index contributed by atoms with van der Waals surface area (Å²) >= 11 is 0. The fourth-order valence-electron chi connectivity index (χ4n) is 1.65. The van der Waals surface area contributed by atoms with E-state index in [-0.39, 0.29) is 16.3 Å². The van der Waals surface area contributed by atoms with Gasteiger partial charge in [-0.25, -0.2) is 13.6 Å². The summed E-state index contributed by atoms with van der Waals surface area (Å²) in [6, 6.07) is 3.47. The normalized spacial score (nSPS) is 11.4. The van der Waals surface area contributed by atoms with Crippen LogP contribution in [0.1, 0.15) is 6.42 Å². The predicted molar refractivity (Wildman–Crippen MR) is 80.3 cm³/mol. The number of nitrogens with two attached hydrogens (primary N) is 1. The van der Waals surface area contributed by atoms with Crippen molar-refractivity contribution in [2.75, 3.05) is 38.8 Å². The summed E-state index contributed by atoms with van der Waals surface area (Å²) in [5.74, 6) is 0. The van der Waals surface area contributed by atoms with E-state index in [0.717, 1.165) is 6.07 Å². The summed E-state index contributed by atoms with van der Waals surface area (Å²) in [7, 11) is -2.48. The largest absolute Gasteiger partial charge is 0.384 e. The van der Waals surface area contributed by atoms with Crippen molar-refractivity contribution < 1.29 is 22.8 Å². The Morgan fingerprint density at radius 3 is 2.64 bits per heavy atom. The second-order valence-corrected chi connectivity index (χ2v) is 5.90. The van der Waals surface area contributed by atoms with Crippen LogP contribution in [0.3, 0.4) is 0 Å². The second-order valence-electron chi connectivity index (χ2n) is 4.37. The lowest BCUT2D eigenvalue weighted by Gasteiger charge is -2.10. The Hall–Kier alpha value is -1.75. The zero-order valence-corrected chi connectivity index (χ0v) is 13.0. The van der Waals surface area contributed by atoms with E-state index in [2.05, 4.69) is 5.32 Å². The van der Waals surface area contributed by atoms with E-state index >= 15 is 0 Å². The molecule has 1 aromatic rings. The summed E-state index contributed by atoms with van der Waals surface area (Å²) in [4.78, 5) is 9.72. The first-order chi connectivity index (χ1) is 10.4. The Morgan fingerprint density at radius 1 is 1.32 bits per heavy atom. The summed E-state index contributed by atoms with van der Waals surface area (Å²) in [6.45, 7) is 1.91. The molecule has 1 rings (SSSR count). The summed E-state index contributed by atoms with van der Waals surface area (Å²) in [5.41, 5.74) is -0.109. The van der Waals surface area contributed by atoms with Gasteiger partial charge in [-0.1, -0.05) is 0 Å². The molecule has 0 aliphatic rings. The number of nitro groups is 1. The Labute approximate surface area is 128 Å². The molecule has 9 nitrogen and oxygen atoms in total. The van der Waals surface area contributed by atoms with Gasteiger partial charge >= 0.3 is 0 Å². The molecule has 10 heteroatoms. The van der Waals surface area contributed by atoms with Gasteiger partial charge in [0.25, 0.3) is 5.69 Å². The number of non-ortho nitro benzene ring substituents is 1. The van der Waals surface area contributed by atoms with Crippen molar-refractivity contribution in [1.29, 1.82) is 0 Å². The topological polar surface area (TPSA) is 134 Å². The zero-order chi connectivity index (χ0) is 16.6. The van der Waals surface area contributed by atoms with Gasteiger partial charge in [0.15, 0.2) is 0 Å². The molecule has 0 radical (unpaired) electrons. The van der Waals surface area contributed by atoms with Crippen LogP contribution in [0.15, 0.2) is 23.1 Å². The molecule has 3 N–H and O–H groups in total. The van der Waals surface area contributed by atoms with Crippen molar-refractivity contribution in [3.05, 3.63) is 28.3 Å². The molecule has 0 atom stereocenters. The average molecular weight is 333 g/mol. The summed E-state index contributed by atoms with van der Waals surface area (Å²) < 4.78 is 33.1. The number of ether oxygens (including phenoxy) is 2. The standard InChI is InChI=1S/C12H19N3O6S/c1-20-7-8-21-6-2-5-14-11-4-3-10(15(16)17)9-12(11)22(13,18)19/h3-4,9,14H,2,5-8H2,1H3,(H2,13,18,19). The molecular weight excluding hydrogens is 314 g/mol. The molecule has 0 amide bonds. The molecule has 0 fully saturated rings. The van der Waals surface area contributed by atoms with Gasteiger partial charge in [-0.3, -0.25) is 10.1 Å². The first kappa shape index (κ1) is 18.3. The maximum Gasteiger partial charge on any atom is 0.270 e. The third kappa shape index (κ3) is 5.93. The van der Waals surface area contributed by atoms with Crippen LogP contribution in [0, 0.1) is 10.1 Å². The number of anilines is 1. The number of nitrogens with one attached hydrogen (secondary N) is 1. The van der Waals surface area contributed by atoms with E-state index in [9.17, 15) is 18.5 Å². The smallest absolute Gasteiger partial charge is 0.270 e. The lowest BCUT2D eigenvalue weighted by atomic mass is 10.2. The Balaban J connectivity index is 2.64. The number of primary sulfonamides is 1. The second kappa shape index (κ2) is 8.63. The van der Waals surface area contributed by atoms with Crippen LogP contribution in [0.4, 0.5) is 11.4 Å². The molecule has 0 saturated heterocycles. The molecule has 0 unspecified atom stereocenters. The third-order valence-electron chi connectivity index (χ3n) is 2.70. The van der Waals surface area contributed by atoms with E-state index in [1.165, 1.54) is 12.1 Å². The van der Waals surface area contributed by atoms with Crippen LogP contribution >= 0.6 is 0 Å². The Kier molecular flexibility index (Phi) is 7.18. The number of methoxy groups -OCH3 is 1. The number of hydrogen-bond acceptors (Lipinski definition) is 7. The monoisotopic (exact) mass is 333 g/mol. The molecule has 0 heterocycles. The van der Waals surface area contributed by atoms with Crippen molar-refractivity contribution in [1.82, 2.24) is 0 Å². The molecular formula is C12H19N3O6S. The van der Waals surface area contributed by atoms with Crippen molar-refractivity contribution in [2.45, 2.75) is 11.3 Å².